The summed E-state index contributed by atoms with van der Waals surface area (Å²) in [7, 11) is 2.63. The van der Waals surface area contributed by atoms with Gasteiger partial charge in [-0.2, -0.15) is 5.26 Å². The van der Waals surface area contributed by atoms with E-state index in [-0.39, 0.29) is 12.2 Å². The van der Waals surface area contributed by atoms with Crippen LogP contribution in [0.15, 0.2) is 24.3 Å². The van der Waals surface area contributed by atoms with E-state index in [0.29, 0.717) is 11.3 Å². The van der Waals surface area contributed by atoms with E-state index in [0.717, 1.165) is 0 Å². The van der Waals surface area contributed by atoms with E-state index >= 15 is 0 Å². The number of para-hydroxylation sites is 1. The lowest BCUT2D eigenvalue weighted by Gasteiger charge is -2.09. The number of esters is 1. The fraction of sp³-hybridized carbons (Fsp3) is 0.308. The van der Waals surface area contributed by atoms with E-state index < -0.39 is 11.9 Å². The molecule has 1 aromatic carbocycles. The predicted molar refractivity (Wildman–Crippen MR) is 63.1 cm³/mol. The lowest BCUT2D eigenvalue weighted by molar-refractivity contribution is -0.143. The molecule has 0 aromatic heterocycles. The van der Waals surface area contributed by atoms with E-state index in [4.69, 9.17) is 10.00 Å². The lowest BCUT2D eigenvalue weighted by Crippen LogP contribution is -2.18. The Morgan fingerprint density at radius 1 is 1.33 bits per heavy atom. The number of Topliss-reactive ketones (excluding diaryl/α,β-unsaturated/α-hetero) is 1. The number of nitriles is 1. The Morgan fingerprint density at radius 3 is 2.56 bits per heavy atom. The Kier molecular flexibility index (Phi) is 4.88. The van der Waals surface area contributed by atoms with Crippen LogP contribution in [0.3, 0.4) is 0 Å². The minimum absolute atomic E-state index is 0.219. The molecule has 1 atom stereocenters. The second-order valence-corrected chi connectivity index (χ2v) is 3.53. The summed E-state index contributed by atoms with van der Waals surface area (Å²) in [5.41, 5.74) is 0.351. The van der Waals surface area contributed by atoms with Gasteiger partial charge in [-0.15, -0.1) is 0 Å². The van der Waals surface area contributed by atoms with Crippen LogP contribution in [0.2, 0.25) is 0 Å². The molecule has 18 heavy (non-hydrogen) atoms. The van der Waals surface area contributed by atoms with Gasteiger partial charge in [-0.25, -0.2) is 0 Å². The number of ether oxygens (including phenoxy) is 2. The van der Waals surface area contributed by atoms with Crippen molar-refractivity contribution in [3.8, 4) is 11.8 Å². The Hall–Kier alpha value is -2.35. The molecule has 0 saturated heterocycles. The molecule has 5 heteroatoms. The number of benzene rings is 1. The zero-order valence-electron chi connectivity index (χ0n) is 10.2. The maximum atomic E-state index is 12.0. The second kappa shape index (κ2) is 6.40. The summed E-state index contributed by atoms with van der Waals surface area (Å²) in [5, 5.41) is 8.82. The molecule has 0 radical (unpaired) electrons. The molecule has 0 saturated carbocycles. The summed E-state index contributed by atoms with van der Waals surface area (Å²) in [4.78, 5) is 23.2. The summed E-state index contributed by atoms with van der Waals surface area (Å²) >= 11 is 0. The molecule has 0 aliphatic heterocycles. The molecule has 1 rings (SSSR count). The Labute approximate surface area is 105 Å². The van der Waals surface area contributed by atoms with Crippen molar-refractivity contribution in [3.63, 3.8) is 0 Å². The molecule has 0 amide bonds. The van der Waals surface area contributed by atoms with Gasteiger partial charge in [-0.1, -0.05) is 12.1 Å². The number of ketones is 1. The first-order valence-corrected chi connectivity index (χ1v) is 5.27. The van der Waals surface area contributed by atoms with Crippen molar-refractivity contribution in [2.45, 2.75) is 6.42 Å². The van der Waals surface area contributed by atoms with Crippen LogP contribution in [0.1, 0.15) is 16.8 Å². The van der Waals surface area contributed by atoms with Gasteiger partial charge in [0.25, 0.3) is 0 Å². The molecule has 0 aliphatic carbocycles. The fourth-order valence-corrected chi connectivity index (χ4v) is 1.49. The fourth-order valence-electron chi connectivity index (χ4n) is 1.49. The first-order valence-electron chi connectivity index (χ1n) is 5.27. The molecule has 0 bridgehead atoms. The van der Waals surface area contributed by atoms with Gasteiger partial charge in [-0.3, -0.25) is 9.59 Å². The molecule has 0 N–H and O–H groups in total. The van der Waals surface area contributed by atoms with Gasteiger partial charge < -0.3 is 9.47 Å². The van der Waals surface area contributed by atoms with Crippen molar-refractivity contribution in [2.75, 3.05) is 14.2 Å². The molecule has 0 aliphatic rings. The molecular formula is C13H13NO4. The van der Waals surface area contributed by atoms with Crippen LogP contribution in [-0.4, -0.2) is 26.0 Å². The zero-order chi connectivity index (χ0) is 13.5. The Bertz CT molecular complexity index is 490. The van der Waals surface area contributed by atoms with Crippen LogP contribution in [0.25, 0.3) is 0 Å². The number of hydrogen-bond acceptors (Lipinski definition) is 5. The van der Waals surface area contributed by atoms with Crippen molar-refractivity contribution in [2.24, 2.45) is 5.92 Å². The van der Waals surface area contributed by atoms with Crippen LogP contribution < -0.4 is 4.74 Å². The standard InChI is InChI=1S/C13H13NO4/c1-17-12-6-4-3-5-10(12)11(15)7-9(8-14)13(16)18-2/h3-6,9H,7H2,1-2H3. The lowest BCUT2D eigenvalue weighted by atomic mass is 9.99. The number of methoxy groups -OCH3 is 2. The van der Waals surface area contributed by atoms with Gasteiger partial charge in [0, 0.05) is 6.42 Å². The second-order valence-electron chi connectivity index (χ2n) is 3.53. The molecule has 1 unspecified atom stereocenters. The topological polar surface area (TPSA) is 76.4 Å². The summed E-state index contributed by atoms with van der Waals surface area (Å²) < 4.78 is 9.50. The average Bonchev–Trinajstić information content (AvgIpc) is 2.43. The van der Waals surface area contributed by atoms with E-state index in [2.05, 4.69) is 4.74 Å². The third-order valence-electron chi connectivity index (χ3n) is 2.44. The van der Waals surface area contributed by atoms with Gasteiger partial charge in [0.05, 0.1) is 25.9 Å². The minimum atomic E-state index is -1.09. The van der Waals surface area contributed by atoms with Crippen LogP contribution in [0, 0.1) is 17.2 Å². The Balaban J connectivity index is 2.88. The third kappa shape index (κ3) is 3.08. The maximum absolute atomic E-state index is 12.0. The first-order chi connectivity index (χ1) is 8.63. The number of carbonyl (C=O) groups excluding carboxylic acids is 2. The van der Waals surface area contributed by atoms with Crippen molar-refractivity contribution >= 4 is 11.8 Å². The normalized spacial score (nSPS) is 11.2. The van der Waals surface area contributed by atoms with Crippen molar-refractivity contribution < 1.29 is 19.1 Å². The number of carbonyl (C=O) groups is 2. The third-order valence-corrected chi connectivity index (χ3v) is 2.44. The van der Waals surface area contributed by atoms with Crippen molar-refractivity contribution in [1.29, 1.82) is 5.26 Å². The SMILES string of the molecule is COC(=O)C(C#N)CC(=O)c1ccccc1OC. The van der Waals surface area contributed by atoms with E-state index in [1.54, 1.807) is 30.3 Å². The van der Waals surface area contributed by atoms with Gasteiger partial charge in [0.15, 0.2) is 11.7 Å². The zero-order valence-corrected chi connectivity index (χ0v) is 10.2. The highest BCUT2D eigenvalue weighted by atomic mass is 16.5. The molecule has 5 nitrogen and oxygen atoms in total. The van der Waals surface area contributed by atoms with Crippen molar-refractivity contribution in [1.82, 2.24) is 0 Å². The summed E-state index contributed by atoms with van der Waals surface area (Å²) in [6.07, 6.45) is -0.219. The first kappa shape index (κ1) is 13.7. The predicted octanol–water partition coefficient (Wildman–Crippen LogP) is 1.58. The van der Waals surface area contributed by atoms with Crippen LogP contribution >= 0.6 is 0 Å². The van der Waals surface area contributed by atoms with E-state index in [1.807, 2.05) is 0 Å². The van der Waals surface area contributed by atoms with Crippen LogP contribution in [-0.2, 0) is 9.53 Å². The monoisotopic (exact) mass is 247 g/mol. The van der Waals surface area contributed by atoms with Crippen LogP contribution in [0.5, 0.6) is 5.75 Å². The smallest absolute Gasteiger partial charge is 0.323 e. The number of hydrogen-bond donors (Lipinski definition) is 0. The van der Waals surface area contributed by atoms with E-state index in [9.17, 15) is 9.59 Å². The summed E-state index contributed by atoms with van der Waals surface area (Å²) in [6.45, 7) is 0. The molecule has 1 aromatic rings. The van der Waals surface area contributed by atoms with Crippen molar-refractivity contribution in [3.05, 3.63) is 29.8 Å². The minimum Gasteiger partial charge on any atom is -0.496 e. The van der Waals surface area contributed by atoms with E-state index in [1.165, 1.54) is 14.2 Å². The molecule has 0 fully saturated rings. The summed E-state index contributed by atoms with van der Waals surface area (Å²) in [6, 6.07) is 8.41. The highest BCUT2D eigenvalue weighted by Gasteiger charge is 2.24. The highest BCUT2D eigenvalue weighted by Crippen LogP contribution is 2.21. The number of nitrogens with zero attached hydrogens (tertiary/aromatic N) is 1. The summed E-state index contributed by atoms with van der Waals surface area (Å²) in [5.74, 6) is -1.71. The average molecular weight is 247 g/mol. The van der Waals surface area contributed by atoms with Crippen LogP contribution in [0.4, 0.5) is 0 Å². The molecular weight excluding hydrogens is 234 g/mol. The molecule has 94 valence electrons. The molecule has 0 spiro atoms. The van der Waals surface area contributed by atoms with Gasteiger partial charge in [0.2, 0.25) is 0 Å². The maximum Gasteiger partial charge on any atom is 0.323 e. The van der Waals surface area contributed by atoms with Gasteiger partial charge in [-0.05, 0) is 12.1 Å². The largest absolute Gasteiger partial charge is 0.496 e. The van der Waals surface area contributed by atoms with Gasteiger partial charge in [0.1, 0.15) is 5.75 Å². The number of rotatable bonds is 5. The Morgan fingerprint density at radius 2 is 2.00 bits per heavy atom. The van der Waals surface area contributed by atoms with Gasteiger partial charge >= 0.3 is 5.97 Å². The quantitative estimate of drug-likeness (QED) is 0.583. The highest BCUT2D eigenvalue weighted by molar-refractivity contribution is 6.00. The molecule has 0 heterocycles.